The van der Waals surface area contributed by atoms with E-state index in [2.05, 4.69) is 6.92 Å². The third-order valence-corrected chi connectivity index (χ3v) is 3.48. The second kappa shape index (κ2) is 6.93. The molecule has 2 rings (SSSR count). The van der Waals surface area contributed by atoms with E-state index in [0.29, 0.717) is 12.2 Å². The minimum Gasteiger partial charge on any atom is -0.399 e. The maximum absolute atomic E-state index is 12.8. The summed E-state index contributed by atoms with van der Waals surface area (Å²) in [6.45, 7) is 5.40. The third-order valence-electron chi connectivity index (χ3n) is 3.48. The lowest BCUT2D eigenvalue weighted by molar-refractivity contribution is 0.0742. The first-order valence-electron chi connectivity index (χ1n) is 7.31. The third kappa shape index (κ3) is 3.85. The Morgan fingerprint density at radius 1 is 1.14 bits per heavy atom. The van der Waals surface area contributed by atoms with Gasteiger partial charge in [0.1, 0.15) is 0 Å². The highest BCUT2D eigenvalue weighted by Crippen LogP contribution is 2.16. The molecule has 0 heterocycles. The summed E-state index contributed by atoms with van der Waals surface area (Å²) in [5.41, 5.74) is 9.25. The monoisotopic (exact) mass is 282 g/mol. The summed E-state index contributed by atoms with van der Waals surface area (Å²) in [7, 11) is 0. The van der Waals surface area contributed by atoms with Gasteiger partial charge in [0.15, 0.2) is 0 Å². The number of nitrogens with zero attached hydrogens (tertiary/aromatic N) is 1. The number of rotatable bonds is 5. The number of nitrogens with two attached hydrogens (primary N) is 1. The molecule has 3 heteroatoms. The molecular weight excluding hydrogens is 260 g/mol. The Kier molecular flexibility index (Phi) is 4.99. The number of carbonyl (C=O) groups excluding carboxylic acids is 1. The molecule has 0 bridgehead atoms. The molecule has 0 aliphatic heterocycles. The largest absolute Gasteiger partial charge is 0.399 e. The summed E-state index contributed by atoms with van der Waals surface area (Å²) >= 11 is 0. The Balaban J connectivity index is 2.23. The highest BCUT2D eigenvalue weighted by atomic mass is 16.2. The number of nitrogen functional groups attached to an aromatic ring is 1. The van der Waals surface area contributed by atoms with Gasteiger partial charge >= 0.3 is 0 Å². The van der Waals surface area contributed by atoms with Crippen LogP contribution in [0.2, 0.25) is 0 Å². The number of benzene rings is 2. The highest BCUT2D eigenvalue weighted by Gasteiger charge is 2.17. The molecule has 2 aromatic carbocycles. The Hall–Kier alpha value is -2.29. The number of hydrogen-bond acceptors (Lipinski definition) is 2. The van der Waals surface area contributed by atoms with Gasteiger partial charge in [-0.05, 0) is 42.7 Å². The second-order valence-corrected chi connectivity index (χ2v) is 5.29. The highest BCUT2D eigenvalue weighted by molar-refractivity contribution is 5.96. The van der Waals surface area contributed by atoms with Gasteiger partial charge in [0.2, 0.25) is 0 Å². The fourth-order valence-corrected chi connectivity index (χ4v) is 2.42. The first kappa shape index (κ1) is 15.1. The van der Waals surface area contributed by atoms with Crippen molar-refractivity contribution >= 4 is 11.6 Å². The maximum Gasteiger partial charge on any atom is 0.254 e. The van der Waals surface area contributed by atoms with E-state index in [-0.39, 0.29) is 5.91 Å². The van der Waals surface area contributed by atoms with E-state index in [4.69, 9.17) is 5.73 Å². The van der Waals surface area contributed by atoms with Crippen molar-refractivity contribution in [1.82, 2.24) is 4.90 Å². The smallest absolute Gasteiger partial charge is 0.254 e. The molecule has 1 amide bonds. The summed E-state index contributed by atoms with van der Waals surface area (Å²) in [4.78, 5) is 14.7. The zero-order valence-corrected chi connectivity index (χ0v) is 12.7. The molecule has 0 radical (unpaired) electrons. The van der Waals surface area contributed by atoms with Crippen LogP contribution in [0.1, 0.15) is 34.8 Å². The Labute approximate surface area is 126 Å². The van der Waals surface area contributed by atoms with Crippen LogP contribution in [0.4, 0.5) is 5.69 Å². The van der Waals surface area contributed by atoms with Crippen LogP contribution in [-0.4, -0.2) is 17.4 Å². The molecule has 0 spiro atoms. The van der Waals surface area contributed by atoms with Gasteiger partial charge in [0, 0.05) is 24.3 Å². The van der Waals surface area contributed by atoms with Crippen LogP contribution in [-0.2, 0) is 6.54 Å². The molecule has 0 atom stereocenters. The van der Waals surface area contributed by atoms with Crippen LogP contribution in [0, 0.1) is 6.92 Å². The number of anilines is 1. The van der Waals surface area contributed by atoms with Gasteiger partial charge < -0.3 is 10.6 Å². The zero-order valence-electron chi connectivity index (χ0n) is 12.7. The van der Waals surface area contributed by atoms with E-state index in [1.165, 1.54) is 0 Å². The Morgan fingerprint density at radius 2 is 1.86 bits per heavy atom. The van der Waals surface area contributed by atoms with Crippen LogP contribution in [0.3, 0.4) is 0 Å². The number of hydrogen-bond donors (Lipinski definition) is 1. The standard InChI is InChI=1S/C18H22N2O/c1-3-11-20(13-15-7-5-4-6-8-15)18(21)17-10-9-16(19)12-14(17)2/h4-10,12H,3,11,13,19H2,1-2H3. The summed E-state index contributed by atoms with van der Waals surface area (Å²) in [6, 6.07) is 15.5. The predicted molar refractivity (Wildman–Crippen MR) is 87.1 cm³/mol. The van der Waals surface area contributed by atoms with E-state index < -0.39 is 0 Å². The van der Waals surface area contributed by atoms with Crippen LogP contribution in [0.5, 0.6) is 0 Å². The molecule has 0 saturated carbocycles. The fraction of sp³-hybridized carbons (Fsp3) is 0.278. The lowest BCUT2D eigenvalue weighted by Crippen LogP contribution is -2.31. The fourth-order valence-electron chi connectivity index (χ4n) is 2.42. The van der Waals surface area contributed by atoms with Gasteiger partial charge in [-0.1, -0.05) is 37.3 Å². The van der Waals surface area contributed by atoms with Crippen LogP contribution >= 0.6 is 0 Å². The first-order chi connectivity index (χ1) is 10.1. The summed E-state index contributed by atoms with van der Waals surface area (Å²) < 4.78 is 0. The van der Waals surface area contributed by atoms with Gasteiger partial charge in [-0.3, -0.25) is 4.79 Å². The van der Waals surface area contributed by atoms with Crippen molar-refractivity contribution < 1.29 is 4.79 Å². The van der Waals surface area contributed by atoms with E-state index in [1.807, 2.05) is 54.3 Å². The summed E-state index contributed by atoms with van der Waals surface area (Å²) in [5.74, 6) is 0.0678. The van der Waals surface area contributed by atoms with Crippen LogP contribution in [0.25, 0.3) is 0 Å². The molecule has 110 valence electrons. The molecule has 0 aliphatic rings. The quantitative estimate of drug-likeness (QED) is 0.851. The van der Waals surface area contributed by atoms with Gasteiger partial charge in [0.05, 0.1) is 0 Å². The average Bonchev–Trinajstić information content (AvgIpc) is 2.47. The lowest BCUT2D eigenvalue weighted by Gasteiger charge is -2.23. The van der Waals surface area contributed by atoms with Crippen molar-refractivity contribution in [2.24, 2.45) is 0 Å². The van der Waals surface area contributed by atoms with Crippen molar-refractivity contribution in [3.8, 4) is 0 Å². The summed E-state index contributed by atoms with van der Waals surface area (Å²) in [5, 5.41) is 0. The topological polar surface area (TPSA) is 46.3 Å². The normalized spacial score (nSPS) is 10.4. The molecule has 0 fully saturated rings. The van der Waals surface area contributed by atoms with Crippen LogP contribution < -0.4 is 5.73 Å². The van der Waals surface area contributed by atoms with Crippen molar-refractivity contribution in [2.45, 2.75) is 26.8 Å². The molecule has 0 unspecified atom stereocenters. The van der Waals surface area contributed by atoms with E-state index in [9.17, 15) is 4.79 Å². The molecule has 21 heavy (non-hydrogen) atoms. The van der Waals surface area contributed by atoms with Crippen LogP contribution in [0.15, 0.2) is 48.5 Å². The minimum absolute atomic E-state index is 0.0678. The molecular formula is C18H22N2O. The molecule has 0 aromatic heterocycles. The molecule has 0 saturated heterocycles. The molecule has 3 nitrogen and oxygen atoms in total. The van der Waals surface area contributed by atoms with Gasteiger partial charge in [-0.25, -0.2) is 0 Å². The SMILES string of the molecule is CCCN(Cc1ccccc1)C(=O)c1ccc(N)cc1C. The maximum atomic E-state index is 12.8. The lowest BCUT2D eigenvalue weighted by atomic mass is 10.1. The van der Waals surface area contributed by atoms with Gasteiger partial charge in [0.25, 0.3) is 5.91 Å². The second-order valence-electron chi connectivity index (χ2n) is 5.29. The number of carbonyl (C=O) groups is 1. The zero-order chi connectivity index (χ0) is 15.2. The minimum atomic E-state index is 0.0678. The Bertz CT molecular complexity index is 608. The van der Waals surface area contributed by atoms with Gasteiger partial charge in [-0.15, -0.1) is 0 Å². The van der Waals surface area contributed by atoms with E-state index in [0.717, 1.165) is 29.7 Å². The van der Waals surface area contributed by atoms with Gasteiger partial charge in [-0.2, -0.15) is 0 Å². The molecule has 0 aliphatic carbocycles. The van der Waals surface area contributed by atoms with E-state index >= 15 is 0 Å². The summed E-state index contributed by atoms with van der Waals surface area (Å²) in [6.07, 6.45) is 0.937. The average molecular weight is 282 g/mol. The van der Waals surface area contributed by atoms with Crippen molar-refractivity contribution in [3.05, 3.63) is 65.2 Å². The first-order valence-corrected chi connectivity index (χ1v) is 7.31. The molecule has 2 N–H and O–H groups in total. The van der Waals surface area contributed by atoms with Crippen molar-refractivity contribution in [3.63, 3.8) is 0 Å². The van der Waals surface area contributed by atoms with Crippen molar-refractivity contribution in [1.29, 1.82) is 0 Å². The molecule has 2 aromatic rings. The number of amides is 1. The van der Waals surface area contributed by atoms with E-state index in [1.54, 1.807) is 6.07 Å². The Morgan fingerprint density at radius 3 is 2.48 bits per heavy atom. The number of aryl methyl sites for hydroxylation is 1. The van der Waals surface area contributed by atoms with Crippen molar-refractivity contribution in [2.75, 3.05) is 12.3 Å². The predicted octanol–water partition coefficient (Wildman–Crippen LogP) is 3.63.